The van der Waals surface area contributed by atoms with Crippen LogP contribution in [0.1, 0.15) is 43.0 Å². The maximum atomic E-state index is 13.1. The highest BCUT2D eigenvalue weighted by Gasteiger charge is 2.29. The standard InChI is InChI=1S/C21H24Cl2N2O4S/c1-13-5-3-4-6-17(13)25-30(27,28)20-11-14(7-10-19(20)29-2)21(26)24-18-9-8-15(22)12-16(18)23/h7-13,17,25H,3-6H2,1-2H3,(H,24,26). The van der Waals surface area contributed by atoms with E-state index in [1.165, 1.54) is 31.4 Å². The van der Waals surface area contributed by atoms with Crippen LogP contribution in [0.25, 0.3) is 0 Å². The predicted molar refractivity (Wildman–Crippen MR) is 119 cm³/mol. The van der Waals surface area contributed by atoms with Gasteiger partial charge in [-0.05, 0) is 55.2 Å². The minimum absolute atomic E-state index is 0.0716. The van der Waals surface area contributed by atoms with E-state index in [9.17, 15) is 13.2 Å². The van der Waals surface area contributed by atoms with Gasteiger partial charge in [0.05, 0.1) is 17.8 Å². The van der Waals surface area contributed by atoms with E-state index in [0.717, 1.165) is 25.7 Å². The van der Waals surface area contributed by atoms with Crippen molar-refractivity contribution in [2.45, 2.75) is 43.5 Å². The summed E-state index contributed by atoms with van der Waals surface area (Å²) in [5.41, 5.74) is 0.541. The van der Waals surface area contributed by atoms with Crippen LogP contribution in [-0.4, -0.2) is 27.5 Å². The molecule has 0 bridgehead atoms. The average Bonchev–Trinajstić information content (AvgIpc) is 2.71. The number of amides is 1. The zero-order valence-corrected chi connectivity index (χ0v) is 19.1. The van der Waals surface area contributed by atoms with Crippen molar-refractivity contribution in [3.63, 3.8) is 0 Å². The number of carbonyl (C=O) groups excluding carboxylic acids is 1. The Morgan fingerprint density at radius 3 is 2.50 bits per heavy atom. The molecule has 6 nitrogen and oxygen atoms in total. The SMILES string of the molecule is COc1ccc(C(=O)Nc2ccc(Cl)cc2Cl)cc1S(=O)(=O)NC1CCCCC1C. The number of anilines is 1. The largest absolute Gasteiger partial charge is 0.495 e. The Labute approximate surface area is 187 Å². The first-order valence-corrected chi connectivity index (χ1v) is 11.9. The molecular weight excluding hydrogens is 447 g/mol. The average molecular weight is 471 g/mol. The molecule has 0 aromatic heterocycles. The first-order chi connectivity index (χ1) is 14.2. The van der Waals surface area contributed by atoms with Crippen molar-refractivity contribution < 1.29 is 17.9 Å². The monoisotopic (exact) mass is 470 g/mol. The molecule has 1 aliphatic rings. The van der Waals surface area contributed by atoms with Crippen molar-refractivity contribution in [2.75, 3.05) is 12.4 Å². The van der Waals surface area contributed by atoms with Gasteiger partial charge < -0.3 is 10.1 Å². The number of sulfonamides is 1. The fourth-order valence-corrected chi connectivity index (χ4v) is 5.60. The number of halogens is 2. The quantitative estimate of drug-likeness (QED) is 0.613. The zero-order valence-electron chi connectivity index (χ0n) is 16.7. The zero-order chi connectivity index (χ0) is 21.9. The lowest BCUT2D eigenvalue weighted by molar-refractivity contribution is 0.102. The molecule has 0 radical (unpaired) electrons. The van der Waals surface area contributed by atoms with Gasteiger partial charge in [-0.15, -0.1) is 0 Å². The molecule has 0 heterocycles. The number of hydrogen-bond acceptors (Lipinski definition) is 4. The lowest BCUT2D eigenvalue weighted by Crippen LogP contribution is -2.41. The van der Waals surface area contributed by atoms with E-state index in [0.29, 0.717) is 10.7 Å². The molecule has 162 valence electrons. The summed E-state index contributed by atoms with van der Waals surface area (Å²) in [7, 11) is -2.48. The lowest BCUT2D eigenvalue weighted by Gasteiger charge is -2.29. The summed E-state index contributed by atoms with van der Waals surface area (Å²) in [6, 6.07) is 8.83. The molecule has 0 spiro atoms. The van der Waals surface area contributed by atoms with Gasteiger partial charge in [0, 0.05) is 16.6 Å². The number of nitrogens with one attached hydrogen (secondary N) is 2. The summed E-state index contributed by atoms with van der Waals surface area (Å²) in [5.74, 6) is -0.0746. The third-order valence-corrected chi connectivity index (χ3v) is 7.37. The molecule has 1 fully saturated rings. The molecule has 1 saturated carbocycles. The molecule has 9 heteroatoms. The Morgan fingerprint density at radius 2 is 1.83 bits per heavy atom. The Morgan fingerprint density at radius 1 is 1.10 bits per heavy atom. The van der Waals surface area contributed by atoms with Crippen molar-refractivity contribution >= 4 is 44.8 Å². The maximum Gasteiger partial charge on any atom is 0.255 e. The van der Waals surface area contributed by atoms with Gasteiger partial charge in [-0.2, -0.15) is 0 Å². The molecule has 2 aromatic carbocycles. The minimum Gasteiger partial charge on any atom is -0.495 e. The molecule has 2 N–H and O–H groups in total. The third kappa shape index (κ3) is 5.27. The van der Waals surface area contributed by atoms with E-state index in [1.54, 1.807) is 12.1 Å². The van der Waals surface area contributed by atoms with Crippen molar-refractivity contribution in [1.29, 1.82) is 0 Å². The van der Waals surface area contributed by atoms with E-state index in [2.05, 4.69) is 10.0 Å². The topological polar surface area (TPSA) is 84.5 Å². The Bertz CT molecular complexity index is 1040. The number of carbonyl (C=O) groups is 1. The highest BCUT2D eigenvalue weighted by molar-refractivity contribution is 7.89. The molecule has 0 saturated heterocycles. The second-order valence-corrected chi connectivity index (χ2v) is 9.96. The van der Waals surface area contributed by atoms with Gasteiger partial charge in [-0.3, -0.25) is 4.79 Å². The van der Waals surface area contributed by atoms with Crippen molar-refractivity contribution in [3.8, 4) is 5.75 Å². The minimum atomic E-state index is -3.88. The van der Waals surface area contributed by atoms with Gasteiger partial charge in [0.15, 0.2) is 0 Å². The van der Waals surface area contributed by atoms with Crippen molar-refractivity contribution in [2.24, 2.45) is 5.92 Å². The Kier molecular flexibility index (Phi) is 7.29. The van der Waals surface area contributed by atoms with Crippen LogP contribution in [0.15, 0.2) is 41.3 Å². The summed E-state index contributed by atoms with van der Waals surface area (Å²) < 4.78 is 34.2. The van der Waals surface area contributed by atoms with E-state index >= 15 is 0 Å². The smallest absolute Gasteiger partial charge is 0.255 e. The highest BCUT2D eigenvalue weighted by atomic mass is 35.5. The molecule has 3 rings (SSSR count). The fraction of sp³-hybridized carbons (Fsp3) is 0.381. The Hall–Kier alpha value is -1.80. The number of benzene rings is 2. The van der Waals surface area contributed by atoms with Crippen molar-refractivity contribution in [1.82, 2.24) is 4.72 Å². The second-order valence-electron chi connectivity index (χ2n) is 7.43. The van der Waals surface area contributed by atoms with Gasteiger partial charge in [0.2, 0.25) is 10.0 Å². The third-order valence-electron chi connectivity index (χ3n) is 5.31. The molecule has 1 aliphatic carbocycles. The first-order valence-electron chi connectivity index (χ1n) is 9.68. The number of rotatable bonds is 6. The fourth-order valence-electron chi connectivity index (χ4n) is 3.57. The predicted octanol–water partition coefficient (Wildman–Crippen LogP) is 5.11. The lowest BCUT2D eigenvalue weighted by atomic mass is 9.87. The molecule has 0 aliphatic heterocycles. The van der Waals surface area contributed by atoms with E-state index in [4.69, 9.17) is 27.9 Å². The van der Waals surface area contributed by atoms with Gasteiger partial charge >= 0.3 is 0 Å². The van der Waals surface area contributed by atoms with E-state index in [1.807, 2.05) is 6.92 Å². The Balaban J connectivity index is 1.88. The van der Waals surface area contributed by atoms with Gasteiger partial charge in [-0.25, -0.2) is 13.1 Å². The van der Waals surface area contributed by atoms with Crippen LogP contribution >= 0.6 is 23.2 Å². The van der Waals surface area contributed by atoms with Crippen LogP contribution in [0.2, 0.25) is 10.0 Å². The number of hydrogen-bond donors (Lipinski definition) is 2. The highest BCUT2D eigenvalue weighted by Crippen LogP contribution is 2.30. The van der Waals surface area contributed by atoms with Gasteiger partial charge in [-0.1, -0.05) is 43.0 Å². The van der Waals surface area contributed by atoms with Gasteiger partial charge in [0.25, 0.3) is 5.91 Å². The van der Waals surface area contributed by atoms with Gasteiger partial charge in [0.1, 0.15) is 10.6 Å². The maximum absolute atomic E-state index is 13.1. The second kappa shape index (κ2) is 9.56. The van der Waals surface area contributed by atoms with Crippen LogP contribution in [0.5, 0.6) is 5.75 Å². The summed E-state index contributed by atoms with van der Waals surface area (Å²) in [4.78, 5) is 12.6. The molecule has 2 aromatic rings. The normalized spacial score (nSPS) is 19.3. The molecule has 2 atom stereocenters. The van der Waals surface area contributed by atoms with Crippen LogP contribution in [0, 0.1) is 5.92 Å². The van der Waals surface area contributed by atoms with Crippen LogP contribution in [0.4, 0.5) is 5.69 Å². The van der Waals surface area contributed by atoms with E-state index < -0.39 is 15.9 Å². The molecule has 1 amide bonds. The number of ether oxygens (including phenoxy) is 1. The molecule has 30 heavy (non-hydrogen) atoms. The summed E-state index contributed by atoms with van der Waals surface area (Å²) in [5, 5.41) is 3.40. The summed E-state index contributed by atoms with van der Waals surface area (Å²) in [6.07, 6.45) is 3.86. The number of methoxy groups -OCH3 is 1. The molecule has 2 unspecified atom stereocenters. The first kappa shape index (κ1) is 22.9. The van der Waals surface area contributed by atoms with Crippen molar-refractivity contribution in [3.05, 3.63) is 52.0 Å². The molecular formula is C21H24Cl2N2O4S. The summed E-state index contributed by atoms with van der Waals surface area (Å²) in [6.45, 7) is 2.04. The van der Waals surface area contributed by atoms with Crippen LogP contribution < -0.4 is 14.8 Å². The summed E-state index contributed by atoms with van der Waals surface area (Å²) >= 11 is 12.0. The van der Waals surface area contributed by atoms with E-state index in [-0.39, 0.29) is 33.2 Å². The van der Waals surface area contributed by atoms with Crippen LogP contribution in [0.3, 0.4) is 0 Å². The van der Waals surface area contributed by atoms with Crippen LogP contribution in [-0.2, 0) is 10.0 Å².